The molecular weight excluding hydrogens is 237 g/mol. The Kier molecular flexibility index (Phi) is 7.92. The zero-order valence-electron chi connectivity index (χ0n) is 8.86. The maximum Gasteiger partial charge on any atom is 0.213 e. The molecule has 0 aliphatic carbocycles. The van der Waals surface area contributed by atoms with Crippen molar-refractivity contribution in [2.75, 3.05) is 12.4 Å². The molecule has 0 heterocycles. The van der Waals surface area contributed by atoms with Crippen molar-refractivity contribution < 1.29 is 9.32 Å². The number of carbonyl (C=O) groups excluding carboxylic acids is 1. The van der Waals surface area contributed by atoms with Crippen molar-refractivity contribution in [1.29, 1.82) is 0 Å². The van der Waals surface area contributed by atoms with Gasteiger partial charge in [-0.2, -0.15) is 0 Å². The summed E-state index contributed by atoms with van der Waals surface area (Å²) in [6.45, 7) is 6.74. The van der Waals surface area contributed by atoms with Crippen LogP contribution in [-0.2, 0) is 21.1 Å². The van der Waals surface area contributed by atoms with Crippen molar-refractivity contribution in [1.82, 2.24) is 5.09 Å². The number of hydrogen-bond donors (Lipinski definition) is 1. The smallest absolute Gasteiger partial charge is 0.213 e. The Balaban J connectivity index is 4.08. The van der Waals surface area contributed by atoms with Crippen LogP contribution >= 0.6 is 17.0 Å². The first kappa shape index (κ1) is 14.4. The van der Waals surface area contributed by atoms with Gasteiger partial charge in [0.2, 0.25) is 12.0 Å². The molecule has 0 aromatic heterocycles. The van der Waals surface area contributed by atoms with E-state index in [0.29, 0.717) is 18.9 Å². The topological polar surface area (TPSA) is 38.3 Å². The minimum Gasteiger partial charge on any atom is -0.327 e. The number of amides is 1. The standard InChI is InChI=1S/C8H18NO2PS2/c1-4-8(3)6-14-12(13,9-7-10)11-5-2/h7-8H,4-6H2,1-3H3,(H,9,10,13). The molecule has 3 nitrogen and oxygen atoms in total. The summed E-state index contributed by atoms with van der Waals surface area (Å²) in [7, 11) is 0. The van der Waals surface area contributed by atoms with Crippen molar-refractivity contribution in [2.24, 2.45) is 5.92 Å². The summed E-state index contributed by atoms with van der Waals surface area (Å²) in [6.07, 6.45) is 1.76. The maximum atomic E-state index is 10.4. The second-order valence-corrected chi connectivity index (χ2v) is 9.63. The molecule has 0 aliphatic heterocycles. The summed E-state index contributed by atoms with van der Waals surface area (Å²) < 4.78 is 5.41. The lowest BCUT2D eigenvalue weighted by molar-refractivity contribution is -0.108. The molecular formula is C8H18NO2PS2. The molecule has 0 aliphatic rings. The molecule has 14 heavy (non-hydrogen) atoms. The van der Waals surface area contributed by atoms with Crippen LogP contribution in [0.15, 0.2) is 0 Å². The molecule has 2 unspecified atom stereocenters. The Morgan fingerprint density at radius 3 is 2.71 bits per heavy atom. The van der Waals surface area contributed by atoms with Crippen molar-refractivity contribution in [3.8, 4) is 0 Å². The molecule has 0 saturated heterocycles. The van der Waals surface area contributed by atoms with Gasteiger partial charge in [-0.05, 0) is 24.6 Å². The van der Waals surface area contributed by atoms with Crippen molar-refractivity contribution >= 4 is 35.2 Å². The van der Waals surface area contributed by atoms with Gasteiger partial charge in [0.25, 0.3) is 0 Å². The summed E-state index contributed by atoms with van der Waals surface area (Å²) in [5.74, 6) is 1.55. The second-order valence-electron chi connectivity index (χ2n) is 2.97. The highest BCUT2D eigenvalue weighted by atomic mass is 32.9. The molecule has 2 atom stereocenters. The number of rotatable bonds is 8. The van der Waals surface area contributed by atoms with Crippen LogP contribution in [0.4, 0.5) is 0 Å². The molecule has 0 saturated carbocycles. The lowest BCUT2D eigenvalue weighted by atomic mass is 10.2. The highest BCUT2D eigenvalue weighted by molar-refractivity contribution is 8.68. The van der Waals surface area contributed by atoms with E-state index in [1.807, 2.05) is 6.92 Å². The third-order valence-corrected chi connectivity index (χ3v) is 7.49. The average molecular weight is 255 g/mol. The van der Waals surface area contributed by atoms with Crippen LogP contribution in [-0.4, -0.2) is 18.8 Å². The number of nitrogens with one attached hydrogen (secondary N) is 1. The third kappa shape index (κ3) is 6.02. The van der Waals surface area contributed by atoms with Crippen molar-refractivity contribution in [3.05, 3.63) is 0 Å². The van der Waals surface area contributed by atoms with Crippen LogP contribution in [0, 0.1) is 5.92 Å². The van der Waals surface area contributed by atoms with Gasteiger partial charge in [0.15, 0.2) is 0 Å². The van der Waals surface area contributed by atoms with Gasteiger partial charge in [-0.3, -0.25) is 4.79 Å². The molecule has 0 spiro atoms. The SMILES string of the molecule is CCOP(=S)(NC=O)SCC(C)CC. The molecule has 0 radical (unpaired) electrons. The van der Waals surface area contributed by atoms with E-state index in [0.717, 1.165) is 12.2 Å². The Hall–Kier alpha value is 0.430. The Bertz CT molecular complexity index is 214. The van der Waals surface area contributed by atoms with Crippen LogP contribution in [0.25, 0.3) is 0 Å². The van der Waals surface area contributed by atoms with Gasteiger partial charge in [0, 0.05) is 5.75 Å². The van der Waals surface area contributed by atoms with Crippen molar-refractivity contribution in [2.45, 2.75) is 27.2 Å². The van der Waals surface area contributed by atoms with Gasteiger partial charge in [-0.25, -0.2) is 0 Å². The van der Waals surface area contributed by atoms with Crippen LogP contribution in [0.3, 0.4) is 0 Å². The summed E-state index contributed by atoms with van der Waals surface area (Å²) in [6, 6.07) is 0. The largest absolute Gasteiger partial charge is 0.327 e. The molecule has 0 rings (SSSR count). The first-order chi connectivity index (χ1) is 6.58. The monoisotopic (exact) mass is 255 g/mol. The van der Waals surface area contributed by atoms with E-state index in [1.54, 1.807) is 11.4 Å². The first-order valence-electron chi connectivity index (χ1n) is 4.68. The van der Waals surface area contributed by atoms with Crippen LogP contribution in [0.1, 0.15) is 27.2 Å². The third-order valence-electron chi connectivity index (χ3n) is 1.74. The minimum atomic E-state index is -2.15. The predicted molar refractivity (Wildman–Crippen MR) is 67.0 cm³/mol. The van der Waals surface area contributed by atoms with Crippen LogP contribution in [0.5, 0.6) is 0 Å². The fourth-order valence-corrected chi connectivity index (χ4v) is 5.31. The first-order valence-corrected chi connectivity index (χ1v) is 8.99. The molecule has 0 fully saturated rings. The highest BCUT2D eigenvalue weighted by Gasteiger charge is 2.17. The molecule has 6 heteroatoms. The molecule has 0 aromatic rings. The predicted octanol–water partition coefficient (Wildman–Crippen LogP) is 2.77. The number of carbonyl (C=O) groups is 1. The quantitative estimate of drug-likeness (QED) is 0.534. The fraction of sp³-hybridized carbons (Fsp3) is 0.875. The maximum absolute atomic E-state index is 10.4. The molecule has 0 bridgehead atoms. The highest BCUT2D eigenvalue weighted by Crippen LogP contribution is 2.56. The van der Waals surface area contributed by atoms with Gasteiger partial charge in [-0.15, -0.1) is 0 Å². The van der Waals surface area contributed by atoms with Gasteiger partial charge < -0.3 is 9.61 Å². The Morgan fingerprint density at radius 2 is 2.29 bits per heavy atom. The van der Waals surface area contributed by atoms with E-state index < -0.39 is 5.62 Å². The average Bonchev–Trinajstić information content (AvgIpc) is 2.15. The summed E-state index contributed by atoms with van der Waals surface area (Å²) in [4.78, 5) is 10.4. The van der Waals surface area contributed by atoms with E-state index >= 15 is 0 Å². The summed E-state index contributed by atoms with van der Waals surface area (Å²) in [5.41, 5.74) is -2.15. The molecule has 84 valence electrons. The molecule has 1 amide bonds. The summed E-state index contributed by atoms with van der Waals surface area (Å²) in [5, 5.41) is 2.63. The van der Waals surface area contributed by atoms with Gasteiger partial charge in [0.05, 0.1) is 6.61 Å². The van der Waals surface area contributed by atoms with E-state index in [1.165, 1.54) is 0 Å². The van der Waals surface area contributed by atoms with Gasteiger partial charge in [0.1, 0.15) is 0 Å². The van der Waals surface area contributed by atoms with E-state index in [4.69, 9.17) is 16.3 Å². The van der Waals surface area contributed by atoms with Gasteiger partial charge >= 0.3 is 0 Å². The second kappa shape index (κ2) is 7.69. The Morgan fingerprint density at radius 1 is 1.64 bits per heavy atom. The zero-order valence-corrected chi connectivity index (χ0v) is 11.4. The summed E-state index contributed by atoms with van der Waals surface area (Å²) >= 11 is 6.84. The van der Waals surface area contributed by atoms with E-state index in [-0.39, 0.29) is 0 Å². The van der Waals surface area contributed by atoms with E-state index in [9.17, 15) is 4.79 Å². The minimum absolute atomic E-state index is 0.547. The van der Waals surface area contributed by atoms with Crippen LogP contribution < -0.4 is 5.09 Å². The fourth-order valence-electron chi connectivity index (χ4n) is 0.690. The normalized spacial score (nSPS) is 17.1. The van der Waals surface area contributed by atoms with E-state index in [2.05, 4.69) is 18.9 Å². The van der Waals surface area contributed by atoms with Crippen molar-refractivity contribution in [3.63, 3.8) is 0 Å². The zero-order chi connectivity index (χ0) is 11.0. The van der Waals surface area contributed by atoms with Gasteiger partial charge in [-0.1, -0.05) is 31.7 Å². The number of hydrogen-bond acceptors (Lipinski definition) is 4. The van der Waals surface area contributed by atoms with Crippen LogP contribution in [0.2, 0.25) is 0 Å². The lowest BCUT2D eigenvalue weighted by Crippen LogP contribution is -2.09. The lowest BCUT2D eigenvalue weighted by Gasteiger charge is -2.20. The molecule has 1 N–H and O–H groups in total. The Labute approximate surface area is 95.3 Å². The molecule has 0 aromatic carbocycles.